The van der Waals surface area contributed by atoms with Crippen LogP contribution in [0.1, 0.15) is 18.4 Å². The van der Waals surface area contributed by atoms with Crippen LogP contribution in [-0.2, 0) is 6.54 Å². The first-order valence-corrected chi connectivity index (χ1v) is 9.38. The van der Waals surface area contributed by atoms with E-state index in [0.29, 0.717) is 32.5 Å². The molecular formula is C20H20N4O5. The van der Waals surface area contributed by atoms with Crippen molar-refractivity contribution in [2.24, 2.45) is 0 Å². The Morgan fingerprint density at radius 3 is 2.48 bits per heavy atom. The molecule has 0 aromatic heterocycles. The van der Waals surface area contributed by atoms with Gasteiger partial charge in [-0.2, -0.15) is 0 Å². The lowest BCUT2D eigenvalue weighted by Gasteiger charge is -2.40. The normalized spacial score (nSPS) is 16.8. The monoisotopic (exact) mass is 396 g/mol. The third-order valence-corrected chi connectivity index (χ3v) is 5.28. The minimum atomic E-state index is -0.508. The largest absolute Gasteiger partial charge is 0.415 e. The van der Waals surface area contributed by atoms with Crippen molar-refractivity contribution in [3.63, 3.8) is 0 Å². The topological polar surface area (TPSA) is 105 Å². The summed E-state index contributed by atoms with van der Waals surface area (Å²) in [6.07, 6.45) is 0.821. The molecule has 3 amide bonds. The summed E-state index contributed by atoms with van der Waals surface area (Å²) in [5.74, 6) is 0.259. The summed E-state index contributed by atoms with van der Waals surface area (Å²) in [5, 5.41) is 13.6. The Labute approximate surface area is 167 Å². The number of fused-ring (bicyclic) bond motifs is 1. The second kappa shape index (κ2) is 7.78. The number of ether oxygens (including phenoxy) is 1. The van der Waals surface area contributed by atoms with Gasteiger partial charge in [-0.15, -0.1) is 0 Å². The average Bonchev–Trinajstić information content (AvgIpc) is 2.74. The van der Waals surface area contributed by atoms with Gasteiger partial charge in [0.2, 0.25) is 0 Å². The quantitative estimate of drug-likeness (QED) is 0.630. The van der Waals surface area contributed by atoms with Crippen molar-refractivity contribution < 1.29 is 19.2 Å². The molecule has 150 valence electrons. The Bertz CT molecular complexity index is 938. The van der Waals surface area contributed by atoms with Gasteiger partial charge in [0, 0.05) is 43.5 Å². The van der Waals surface area contributed by atoms with E-state index in [0.717, 1.165) is 11.3 Å². The molecule has 9 heteroatoms. The first-order valence-electron chi connectivity index (χ1n) is 9.38. The highest BCUT2D eigenvalue weighted by Crippen LogP contribution is 2.28. The number of rotatable bonds is 3. The van der Waals surface area contributed by atoms with Crippen molar-refractivity contribution >= 4 is 23.5 Å². The van der Waals surface area contributed by atoms with Gasteiger partial charge in [-0.1, -0.05) is 18.2 Å². The predicted octanol–water partition coefficient (Wildman–Crippen LogP) is 3.61. The van der Waals surface area contributed by atoms with Crippen molar-refractivity contribution in [3.8, 4) is 5.75 Å². The lowest BCUT2D eigenvalue weighted by Crippen LogP contribution is -2.51. The smallest absolute Gasteiger partial charge is 0.410 e. The highest BCUT2D eigenvalue weighted by atomic mass is 16.6. The van der Waals surface area contributed by atoms with Crippen LogP contribution in [-0.4, -0.2) is 46.0 Å². The van der Waals surface area contributed by atoms with E-state index < -0.39 is 11.0 Å². The molecule has 2 aromatic rings. The number of benzene rings is 2. The number of para-hydroxylation sites is 1. The second-order valence-corrected chi connectivity index (χ2v) is 7.05. The van der Waals surface area contributed by atoms with Crippen LogP contribution in [0.3, 0.4) is 0 Å². The van der Waals surface area contributed by atoms with Gasteiger partial charge >= 0.3 is 12.1 Å². The molecule has 29 heavy (non-hydrogen) atoms. The zero-order valence-corrected chi connectivity index (χ0v) is 15.6. The molecule has 0 atom stereocenters. The summed E-state index contributed by atoms with van der Waals surface area (Å²) in [4.78, 5) is 38.4. The molecule has 0 radical (unpaired) electrons. The molecule has 0 aliphatic carbocycles. The Hall–Kier alpha value is -3.62. The van der Waals surface area contributed by atoms with Crippen LogP contribution in [0.4, 0.5) is 21.0 Å². The SMILES string of the molecule is O=C(Oc1ccc([N+](=O)[O-])cc1)N1CCC(N2Cc3ccccc3NC2=O)CC1. The van der Waals surface area contributed by atoms with E-state index in [1.807, 2.05) is 29.2 Å². The number of carbonyl (C=O) groups is 2. The maximum atomic E-state index is 12.4. The molecule has 4 rings (SSSR count). The minimum absolute atomic E-state index is 0.0479. The van der Waals surface area contributed by atoms with Crippen molar-refractivity contribution in [2.45, 2.75) is 25.4 Å². The summed E-state index contributed by atoms with van der Waals surface area (Å²) < 4.78 is 5.31. The molecule has 2 aliphatic heterocycles. The van der Waals surface area contributed by atoms with Crippen LogP contribution >= 0.6 is 0 Å². The van der Waals surface area contributed by atoms with Crippen LogP contribution in [0, 0.1) is 10.1 Å². The fourth-order valence-corrected chi connectivity index (χ4v) is 3.68. The van der Waals surface area contributed by atoms with Gasteiger partial charge in [0.15, 0.2) is 0 Å². The third-order valence-electron chi connectivity index (χ3n) is 5.28. The molecule has 0 bridgehead atoms. The molecule has 2 aromatic carbocycles. The number of amides is 3. The van der Waals surface area contributed by atoms with Gasteiger partial charge in [0.25, 0.3) is 5.69 Å². The third kappa shape index (κ3) is 3.98. The number of anilines is 1. The fraction of sp³-hybridized carbons (Fsp3) is 0.300. The van der Waals surface area contributed by atoms with E-state index in [1.165, 1.54) is 24.3 Å². The predicted molar refractivity (Wildman–Crippen MR) is 105 cm³/mol. The first-order chi connectivity index (χ1) is 14.0. The number of nitrogens with zero attached hydrogens (tertiary/aromatic N) is 3. The number of likely N-dealkylation sites (tertiary alicyclic amines) is 1. The van der Waals surface area contributed by atoms with Crippen molar-refractivity contribution in [1.29, 1.82) is 0 Å². The summed E-state index contributed by atoms with van der Waals surface area (Å²) in [6, 6.07) is 13.1. The van der Waals surface area contributed by atoms with Gasteiger partial charge < -0.3 is 19.9 Å². The number of hydrogen-bond acceptors (Lipinski definition) is 5. The summed E-state index contributed by atoms with van der Waals surface area (Å²) >= 11 is 0. The van der Waals surface area contributed by atoms with Crippen LogP contribution < -0.4 is 10.1 Å². The van der Waals surface area contributed by atoms with E-state index in [-0.39, 0.29) is 23.5 Å². The zero-order valence-electron chi connectivity index (χ0n) is 15.6. The molecule has 0 spiro atoms. The molecule has 2 aliphatic rings. The summed E-state index contributed by atoms with van der Waals surface area (Å²) in [6.45, 7) is 1.50. The van der Waals surface area contributed by atoms with Gasteiger partial charge in [0.1, 0.15) is 5.75 Å². The van der Waals surface area contributed by atoms with Gasteiger partial charge in [-0.25, -0.2) is 9.59 Å². The summed E-state index contributed by atoms with van der Waals surface area (Å²) in [7, 11) is 0. The highest BCUT2D eigenvalue weighted by Gasteiger charge is 2.33. The number of hydrogen-bond donors (Lipinski definition) is 1. The molecule has 9 nitrogen and oxygen atoms in total. The van der Waals surface area contributed by atoms with Crippen molar-refractivity contribution in [3.05, 3.63) is 64.2 Å². The van der Waals surface area contributed by atoms with E-state index in [9.17, 15) is 19.7 Å². The Kier molecular flexibility index (Phi) is 5.03. The number of urea groups is 1. The maximum Gasteiger partial charge on any atom is 0.415 e. The number of non-ortho nitro benzene ring substituents is 1. The Morgan fingerprint density at radius 1 is 1.10 bits per heavy atom. The molecular weight excluding hydrogens is 376 g/mol. The Balaban J connectivity index is 1.33. The molecule has 1 N–H and O–H groups in total. The van der Waals surface area contributed by atoms with Crippen molar-refractivity contribution in [2.75, 3.05) is 18.4 Å². The maximum absolute atomic E-state index is 12.4. The molecule has 1 saturated heterocycles. The number of nitro benzene ring substituents is 1. The molecule has 2 heterocycles. The standard InChI is InChI=1S/C20H20N4O5/c25-19-21-18-4-2-1-3-14(18)13-23(19)15-9-11-22(12-10-15)20(26)29-17-7-5-16(6-8-17)24(27)28/h1-8,15H,9-13H2,(H,21,25). The number of piperidine rings is 1. The second-order valence-electron chi connectivity index (χ2n) is 7.05. The molecule has 0 saturated carbocycles. The molecule has 1 fully saturated rings. The van der Waals surface area contributed by atoms with Gasteiger partial charge in [0.05, 0.1) is 4.92 Å². The Morgan fingerprint density at radius 2 is 1.79 bits per heavy atom. The van der Waals surface area contributed by atoms with E-state index in [1.54, 1.807) is 4.90 Å². The van der Waals surface area contributed by atoms with E-state index in [4.69, 9.17) is 4.74 Å². The zero-order chi connectivity index (χ0) is 20.4. The summed E-state index contributed by atoms with van der Waals surface area (Å²) in [5.41, 5.74) is 1.86. The fourth-order valence-electron chi connectivity index (χ4n) is 3.68. The average molecular weight is 396 g/mol. The lowest BCUT2D eigenvalue weighted by molar-refractivity contribution is -0.384. The van der Waals surface area contributed by atoms with E-state index in [2.05, 4.69) is 5.32 Å². The number of nitrogens with one attached hydrogen (secondary N) is 1. The first kappa shape index (κ1) is 18.7. The molecule has 0 unspecified atom stereocenters. The van der Waals surface area contributed by atoms with Crippen LogP contribution in [0.15, 0.2) is 48.5 Å². The highest BCUT2D eigenvalue weighted by molar-refractivity contribution is 5.92. The van der Waals surface area contributed by atoms with Gasteiger partial charge in [-0.05, 0) is 36.6 Å². The van der Waals surface area contributed by atoms with Crippen LogP contribution in [0.2, 0.25) is 0 Å². The number of carbonyl (C=O) groups excluding carboxylic acids is 2. The van der Waals surface area contributed by atoms with Crippen molar-refractivity contribution in [1.82, 2.24) is 9.80 Å². The lowest BCUT2D eigenvalue weighted by atomic mass is 10.0. The number of nitro groups is 1. The van der Waals surface area contributed by atoms with E-state index >= 15 is 0 Å². The minimum Gasteiger partial charge on any atom is -0.410 e. The van der Waals surface area contributed by atoms with Crippen LogP contribution in [0.5, 0.6) is 5.75 Å². The van der Waals surface area contributed by atoms with Crippen LogP contribution in [0.25, 0.3) is 0 Å². The van der Waals surface area contributed by atoms with Gasteiger partial charge in [-0.3, -0.25) is 10.1 Å².